The summed E-state index contributed by atoms with van der Waals surface area (Å²) in [6, 6.07) is 1.67. The van der Waals surface area contributed by atoms with Crippen LogP contribution in [0.4, 0.5) is 13.2 Å². The molecular weight excluding hydrogens is 209 g/mol. The van der Waals surface area contributed by atoms with Crippen molar-refractivity contribution in [3.8, 4) is 5.88 Å². The number of hydrogen-bond acceptors (Lipinski definition) is 3. The highest BCUT2D eigenvalue weighted by molar-refractivity contribution is 5.24. The van der Waals surface area contributed by atoms with Gasteiger partial charge >= 0.3 is 6.18 Å². The lowest BCUT2D eigenvalue weighted by atomic mass is 10.2. The summed E-state index contributed by atoms with van der Waals surface area (Å²) < 4.78 is 40.0. The normalized spacial score (nSPS) is 11.5. The van der Waals surface area contributed by atoms with Crippen LogP contribution in [0.15, 0.2) is 6.07 Å². The third-order valence-corrected chi connectivity index (χ3v) is 1.72. The molecule has 3 nitrogen and oxygen atoms in total. The van der Waals surface area contributed by atoms with Crippen LogP contribution in [0, 0.1) is 6.92 Å². The minimum Gasteiger partial charge on any atom is -0.467 e. The van der Waals surface area contributed by atoms with Gasteiger partial charge < -0.3 is 4.74 Å². The molecule has 15 heavy (non-hydrogen) atoms. The van der Waals surface area contributed by atoms with Gasteiger partial charge in [-0.1, -0.05) is 6.92 Å². The summed E-state index contributed by atoms with van der Waals surface area (Å²) in [7, 11) is 0. The van der Waals surface area contributed by atoms with Gasteiger partial charge in [-0.25, -0.2) is 0 Å². The number of alkyl halides is 3. The first-order valence-corrected chi connectivity index (χ1v) is 4.45. The Bertz CT molecular complexity index is 339. The van der Waals surface area contributed by atoms with Crippen LogP contribution in [0.5, 0.6) is 5.88 Å². The summed E-state index contributed by atoms with van der Waals surface area (Å²) in [5, 5.41) is 7.30. The van der Waals surface area contributed by atoms with Crippen LogP contribution >= 0.6 is 0 Å². The van der Waals surface area contributed by atoms with Crippen molar-refractivity contribution in [2.75, 3.05) is 6.61 Å². The topological polar surface area (TPSA) is 35.0 Å². The summed E-state index contributed by atoms with van der Waals surface area (Å²) in [4.78, 5) is 0. The zero-order valence-electron chi connectivity index (χ0n) is 8.43. The number of aromatic nitrogens is 2. The summed E-state index contributed by atoms with van der Waals surface area (Å²) in [5.74, 6) is -0.0653. The van der Waals surface area contributed by atoms with Gasteiger partial charge in [0.05, 0.1) is 5.69 Å². The van der Waals surface area contributed by atoms with Crippen LogP contribution in [0.2, 0.25) is 0 Å². The summed E-state index contributed by atoms with van der Waals surface area (Å²) in [6.07, 6.45) is -3.66. The molecule has 0 aromatic carbocycles. The molecule has 1 heterocycles. The maximum atomic E-state index is 11.8. The molecule has 0 saturated heterocycles. The highest BCUT2D eigenvalue weighted by atomic mass is 19.4. The lowest BCUT2D eigenvalue weighted by Gasteiger charge is -2.09. The Morgan fingerprint density at radius 1 is 1.33 bits per heavy atom. The molecule has 0 fully saturated rings. The van der Waals surface area contributed by atoms with E-state index in [4.69, 9.17) is 0 Å². The van der Waals surface area contributed by atoms with E-state index in [1.807, 2.05) is 6.92 Å². The smallest absolute Gasteiger partial charge is 0.422 e. The first-order valence-electron chi connectivity index (χ1n) is 4.45. The predicted octanol–water partition coefficient (Wildman–Crippen LogP) is 2.29. The molecule has 84 valence electrons. The maximum absolute atomic E-state index is 11.8. The quantitative estimate of drug-likeness (QED) is 0.783. The van der Waals surface area contributed by atoms with E-state index < -0.39 is 12.8 Å². The van der Waals surface area contributed by atoms with Crippen LogP contribution in [0.1, 0.15) is 18.2 Å². The summed E-state index contributed by atoms with van der Waals surface area (Å²) in [6.45, 7) is 2.19. The minimum absolute atomic E-state index is 0.0653. The Morgan fingerprint density at radius 3 is 2.47 bits per heavy atom. The van der Waals surface area contributed by atoms with Crippen molar-refractivity contribution in [1.29, 1.82) is 0 Å². The maximum Gasteiger partial charge on any atom is 0.422 e. The van der Waals surface area contributed by atoms with Gasteiger partial charge in [0.15, 0.2) is 6.61 Å². The number of halogens is 3. The monoisotopic (exact) mass is 220 g/mol. The highest BCUT2D eigenvalue weighted by Crippen LogP contribution is 2.19. The zero-order chi connectivity index (χ0) is 11.5. The van der Waals surface area contributed by atoms with Crippen LogP contribution in [-0.2, 0) is 6.42 Å². The number of nitrogens with zero attached hydrogens (tertiary/aromatic N) is 2. The predicted molar refractivity (Wildman–Crippen MR) is 47.7 cm³/mol. The average Bonchev–Trinajstić information content (AvgIpc) is 2.14. The van der Waals surface area contributed by atoms with Crippen LogP contribution in [0.25, 0.3) is 0 Å². The van der Waals surface area contributed by atoms with E-state index in [0.717, 1.165) is 5.69 Å². The fourth-order valence-corrected chi connectivity index (χ4v) is 0.995. The van der Waals surface area contributed by atoms with Crippen molar-refractivity contribution in [2.45, 2.75) is 26.4 Å². The molecule has 0 unspecified atom stereocenters. The molecule has 1 aromatic heterocycles. The number of hydrogen-bond donors (Lipinski definition) is 0. The third-order valence-electron chi connectivity index (χ3n) is 1.72. The van der Waals surface area contributed by atoms with E-state index in [1.165, 1.54) is 0 Å². The fraction of sp³-hybridized carbons (Fsp3) is 0.556. The Kier molecular flexibility index (Phi) is 3.49. The third kappa shape index (κ3) is 3.73. The van der Waals surface area contributed by atoms with Gasteiger partial charge in [0.1, 0.15) is 0 Å². The van der Waals surface area contributed by atoms with Gasteiger partial charge in [0, 0.05) is 5.56 Å². The fourth-order valence-electron chi connectivity index (χ4n) is 0.995. The number of rotatable bonds is 3. The SMILES string of the molecule is CCc1cc(C)c(OCC(F)(F)F)nn1. The first-order chi connectivity index (χ1) is 6.92. The Balaban J connectivity index is 2.70. The van der Waals surface area contributed by atoms with Gasteiger partial charge in [-0.3, -0.25) is 0 Å². The molecule has 0 N–H and O–H groups in total. The van der Waals surface area contributed by atoms with Gasteiger partial charge in [0.25, 0.3) is 0 Å². The molecule has 0 saturated carbocycles. The van der Waals surface area contributed by atoms with E-state index in [1.54, 1.807) is 13.0 Å². The Hall–Kier alpha value is -1.33. The lowest BCUT2D eigenvalue weighted by Crippen LogP contribution is -2.20. The molecule has 0 aliphatic heterocycles. The molecule has 0 spiro atoms. The summed E-state index contributed by atoms with van der Waals surface area (Å²) >= 11 is 0. The highest BCUT2D eigenvalue weighted by Gasteiger charge is 2.29. The summed E-state index contributed by atoms with van der Waals surface area (Å²) in [5.41, 5.74) is 1.29. The van der Waals surface area contributed by atoms with Crippen molar-refractivity contribution in [2.24, 2.45) is 0 Å². The van der Waals surface area contributed by atoms with Crippen LogP contribution in [-0.4, -0.2) is 23.0 Å². The molecule has 1 aromatic rings. The van der Waals surface area contributed by atoms with Gasteiger partial charge in [-0.15, -0.1) is 5.10 Å². The van der Waals surface area contributed by atoms with Crippen LogP contribution in [0.3, 0.4) is 0 Å². The lowest BCUT2D eigenvalue weighted by molar-refractivity contribution is -0.154. The second-order valence-corrected chi connectivity index (χ2v) is 3.08. The molecule has 0 aliphatic carbocycles. The minimum atomic E-state index is -4.35. The Morgan fingerprint density at radius 2 is 2.00 bits per heavy atom. The molecular formula is C9H11F3N2O. The largest absolute Gasteiger partial charge is 0.467 e. The average molecular weight is 220 g/mol. The van der Waals surface area contributed by atoms with Gasteiger partial charge in [0.2, 0.25) is 5.88 Å². The van der Waals surface area contributed by atoms with Gasteiger partial charge in [-0.05, 0) is 19.4 Å². The molecule has 0 bridgehead atoms. The van der Waals surface area contributed by atoms with E-state index in [-0.39, 0.29) is 5.88 Å². The van der Waals surface area contributed by atoms with Crippen molar-refractivity contribution in [1.82, 2.24) is 10.2 Å². The van der Waals surface area contributed by atoms with Crippen molar-refractivity contribution < 1.29 is 17.9 Å². The molecule has 0 radical (unpaired) electrons. The second kappa shape index (κ2) is 4.46. The zero-order valence-corrected chi connectivity index (χ0v) is 8.43. The van der Waals surface area contributed by atoms with E-state index in [9.17, 15) is 13.2 Å². The van der Waals surface area contributed by atoms with Crippen LogP contribution < -0.4 is 4.74 Å². The standard InChI is InChI=1S/C9H11F3N2O/c1-3-7-4-6(2)8(14-13-7)15-5-9(10,11)12/h4H,3,5H2,1-2H3. The van der Waals surface area contributed by atoms with E-state index in [2.05, 4.69) is 14.9 Å². The van der Waals surface area contributed by atoms with Crippen molar-refractivity contribution >= 4 is 0 Å². The first kappa shape index (κ1) is 11.7. The number of ether oxygens (including phenoxy) is 1. The molecule has 0 aliphatic rings. The second-order valence-electron chi connectivity index (χ2n) is 3.08. The molecule has 0 atom stereocenters. The van der Waals surface area contributed by atoms with Crippen molar-refractivity contribution in [3.05, 3.63) is 17.3 Å². The molecule has 1 rings (SSSR count). The molecule has 6 heteroatoms. The van der Waals surface area contributed by atoms with E-state index in [0.29, 0.717) is 12.0 Å². The van der Waals surface area contributed by atoms with Crippen molar-refractivity contribution in [3.63, 3.8) is 0 Å². The van der Waals surface area contributed by atoms with Gasteiger partial charge in [-0.2, -0.15) is 18.3 Å². The van der Waals surface area contributed by atoms with E-state index >= 15 is 0 Å². The number of aryl methyl sites for hydroxylation is 2. The molecule has 0 amide bonds. The Labute approximate surface area is 85.3 Å².